The van der Waals surface area contributed by atoms with Crippen molar-refractivity contribution in [1.82, 2.24) is 24.4 Å². The number of carbonyl (C=O) groups is 1. The molecule has 2 aromatic carbocycles. The Hall–Kier alpha value is -3.94. The number of benzene rings is 2. The third-order valence-electron chi connectivity index (χ3n) is 6.09. The molecule has 2 heterocycles. The van der Waals surface area contributed by atoms with Crippen molar-refractivity contribution in [2.75, 3.05) is 11.9 Å². The molecule has 0 fully saturated rings. The van der Waals surface area contributed by atoms with Gasteiger partial charge in [-0.15, -0.1) is 0 Å². The van der Waals surface area contributed by atoms with Crippen LogP contribution in [0.5, 0.6) is 0 Å². The number of urea groups is 1. The summed E-state index contributed by atoms with van der Waals surface area (Å²) in [6.45, 7) is 8.49. The summed E-state index contributed by atoms with van der Waals surface area (Å²) in [5.74, 6) is 0.928. The molecule has 0 aliphatic heterocycles. The number of amides is 2. The monoisotopic (exact) mass is 472 g/mol. The number of rotatable bonds is 6. The molecular formula is C27H32N6O2. The van der Waals surface area contributed by atoms with Crippen LogP contribution in [0.25, 0.3) is 22.6 Å². The van der Waals surface area contributed by atoms with Gasteiger partial charge in [0.25, 0.3) is 0 Å². The number of imidazole rings is 1. The summed E-state index contributed by atoms with van der Waals surface area (Å²) in [6, 6.07) is 15.6. The molecular weight excluding hydrogens is 440 g/mol. The van der Waals surface area contributed by atoms with Gasteiger partial charge < -0.3 is 5.32 Å². The van der Waals surface area contributed by atoms with Gasteiger partial charge >= 0.3 is 11.7 Å². The number of anilines is 1. The van der Waals surface area contributed by atoms with Crippen LogP contribution in [0.4, 0.5) is 10.5 Å². The number of fused-ring (bicyclic) bond motifs is 1. The smallest absolute Gasteiger partial charge is 0.330 e. The van der Waals surface area contributed by atoms with Crippen LogP contribution in [0.1, 0.15) is 44.7 Å². The molecule has 0 bridgehead atoms. The Morgan fingerprint density at radius 2 is 1.74 bits per heavy atom. The molecule has 0 spiro atoms. The number of nitrogens with one attached hydrogen (secondary N) is 1. The van der Waals surface area contributed by atoms with Gasteiger partial charge in [0.05, 0.1) is 12.7 Å². The van der Waals surface area contributed by atoms with Crippen LogP contribution in [0.15, 0.2) is 59.5 Å². The zero-order valence-corrected chi connectivity index (χ0v) is 21.1. The van der Waals surface area contributed by atoms with E-state index < -0.39 is 0 Å². The van der Waals surface area contributed by atoms with E-state index in [4.69, 9.17) is 4.98 Å². The van der Waals surface area contributed by atoms with Gasteiger partial charge in [-0.3, -0.25) is 14.0 Å². The van der Waals surface area contributed by atoms with Crippen LogP contribution >= 0.6 is 0 Å². The number of aryl methyl sites for hydroxylation is 1. The second-order valence-corrected chi connectivity index (χ2v) is 9.40. The second kappa shape index (κ2) is 9.74. The Labute approximate surface area is 205 Å². The van der Waals surface area contributed by atoms with Gasteiger partial charge in [-0.05, 0) is 43.0 Å². The quantitative estimate of drug-likeness (QED) is 0.447. The fourth-order valence-corrected chi connectivity index (χ4v) is 4.12. The fraction of sp³-hybridized carbons (Fsp3) is 0.333. The van der Waals surface area contributed by atoms with Gasteiger partial charge in [0.15, 0.2) is 11.5 Å². The van der Waals surface area contributed by atoms with Gasteiger partial charge in [-0.2, -0.15) is 0 Å². The fourth-order valence-electron chi connectivity index (χ4n) is 4.12. The Morgan fingerprint density at radius 1 is 1.06 bits per heavy atom. The molecule has 35 heavy (non-hydrogen) atoms. The number of hydrogen-bond donors (Lipinski definition) is 1. The largest absolute Gasteiger partial charge is 0.336 e. The highest BCUT2D eigenvalue weighted by atomic mass is 16.2. The maximum atomic E-state index is 13.1. The number of aromatic nitrogens is 4. The van der Waals surface area contributed by atoms with E-state index in [0.717, 1.165) is 22.4 Å². The van der Waals surface area contributed by atoms with Crippen molar-refractivity contribution >= 4 is 22.9 Å². The first-order valence-corrected chi connectivity index (χ1v) is 11.8. The van der Waals surface area contributed by atoms with Crippen molar-refractivity contribution in [1.29, 1.82) is 0 Å². The van der Waals surface area contributed by atoms with E-state index in [1.54, 1.807) is 34.3 Å². The summed E-state index contributed by atoms with van der Waals surface area (Å²) in [5, 5.41) is 2.88. The van der Waals surface area contributed by atoms with Gasteiger partial charge in [0, 0.05) is 31.4 Å². The lowest BCUT2D eigenvalue weighted by molar-refractivity contribution is 0.245. The first-order chi connectivity index (χ1) is 16.7. The first kappa shape index (κ1) is 24.2. The molecule has 0 radical (unpaired) electrons. The predicted molar refractivity (Wildman–Crippen MR) is 140 cm³/mol. The molecule has 1 N–H and O–H groups in total. The predicted octanol–water partition coefficient (Wildman–Crippen LogP) is 4.52. The highest BCUT2D eigenvalue weighted by Gasteiger charge is 2.17. The van der Waals surface area contributed by atoms with Crippen LogP contribution in [0, 0.1) is 0 Å². The van der Waals surface area contributed by atoms with E-state index in [2.05, 4.69) is 30.2 Å². The Kier molecular flexibility index (Phi) is 6.73. The van der Waals surface area contributed by atoms with Crippen molar-refractivity contribution < 1.29 is 4.79 Å². The molecule has 2 aromatic heterocycles. The summed E-state index contributed by atoms with van der Waals surface area (Å²) in [6.07, 6.45) is 1.72. The summed E-state index contributed by atoms with van der Waals surface area (Å²) < 4.78 is 3.24. The zero-order valence-electron chi connectivity index (χ0n) is 21.1. The average molecular weight is 473 g/mol. The van der Waals surface area contributed by atoms with E-state index in [9.17, 15) is 9.59 Å². The van der Waals surface area contributed by atoms with Crippen molar-refractivity contribution in [2.45, 2.75) is 46.2 Å². The van der Waals surface area contributed by atoms with Crippen LogP contribution in [0.3, 0.4) is 0 Å². The maximum absolute atomic E-state index is 13.1. The summed E-state index contributed by atoms with van der Waals surface area (Å²) in [7, 11) is 3.47. The molecule has 0 saturated heterocycles. The summed E-state index contributed by atoms with van der Waals surface area (Å²) in [4.78, 5) is 36.4. The highest BCUT2D eigenvalue weighted by molar-refractivity contribution is 5.91. The molecule has 8 heteroatoms. The van der Waals surface area contributed by atoms with Crippen LogP contribution in [-0.4, -0.2) is 38.2 Å². The Balaban J connectivity index is 1.69. The van der Waals surface area contributed by atoms with Crippen molar-refractivity contribution in [3.63, 3.8) is 0 Å². The van der Waals surface area contributed by atoms with E-state index in [-0.39, 0.29) is 17.8 Å². The molecule has 0 aliphatic carbocycles. The van der Waals surface area contributed by atoms with E-state index >= 15 is 0 Å². The van der Waals surface area contributed by atoms with Crippen LogP contribution in [-0.2, 0) is 13.6 Å². The van der Waals surface area contributed by atoms with Gasteiger partial charge in [-0.1, -0.05) is 50.2 Å². The lowest BCUT2D eigenvalue weighted by Crippen LogP contribution is -2.40. The van der Waals surface area contributed by atoms with Gasteiger partial charge in [-0.25, -0.2) is 19.6 Å². The number of carbonyl (C=O) groups excluding carboxylic acids is 1. The first-order valence-electron chi connectivity index (χ1n) is 11.8. The van der Waals surface area contributed by atoms with Gasteiger partial charge in [0.2, 0.25) is 0 Å². The lowest BCUT2D eigenvalue weighted by Gasteiger charge is -2.20. The maximum Gasteiger partial charge on any atom is 0.330 e. The minimum Gasteiger partial charge on any atom is -0.336 e. The standard InChI is InChI=1S/C27H32N6O2/c1-17(2)21-9-7-8-10-22(21)24-28-15-23-25(30-24)33(27(35)32(23)6)16-19-11-13-20(14-12-19)31(5)26(34)29-18(3)4/h7-15,17-18H,16H2,1-6H3,(H,29,34). The van der Waals surface area contributed by atoms with Gasteiger partial charge in [0.1, 0.15) is 5.52 Å². The highest BCUT2D eigenvalue weighted by Crippen LogP contribution is 2.27. The molecule has 4 aromatic rings. The van der Waals surface area contributed by atoms with E-state index in [1.165, 1.54) is 0 Å². The molecule has 0 atom stereocenters. The molecule has 0 aliphatic rings. The van der Waals surface area contributed by atoms with Crippen LogP contribution < -0.4 is 15.9 Å². The van der Waals surface area contributed by atoms with Crippen molar-refractivity contribution in [2.24, 2.45) is 7.05 Å². The molecule has 0 saturated carbocycles. The Morgan fingerprint density at radius 3 is 2.40 bits per heavy atom. The minimum atomic E-state index is -0.163. The Bertz CT molecular complexity index is 1420. The zero-order chi connectivity index (χ0) is 25.3. The summed E-state index contributed by atoms with van der Waals surface area (Å²) >= 11 is 0. The minimum absolute atomic E-state index is 0.0573. The molecule has 182 valence electrons. The van der Waals surface area contributed by atoms with Crippen molar-refractivity contribution in [3.8, 4) is 11.4 Å². The number of nitrogens with zero attached hydrogens (tertiary/aromatic N) is 5. The topological polar surface area (TPSA) is 85.0 Å². The second-order valence-electron chi connectivity index (χ2n) is 9.40. The number of hydrogen-bond acceptors (Lipinski definition) is 4. The van der Waals surface area contributed by atoms with Crippen LogP contribution in [0.2, 0.25) is 0 Å². The lowest BCUT2D eigenvalue weighted by atomic mass is 9.97. The van der Waals surface area contributed by atoms with E-state index in [0.29, 0.717) is 29.5 Å². The normalized spacial score (nSPS) is 11.4. The molecule has 2 amide bonds. The third-order valence-corrected chi connectivity index (χ3v) is 6.09. The van der Waals surface area contributed by atoms with Crippen molar-refractivity contribution in [3.05, 3.63) is 76.3 Å². The SMILES string of the molecule is CC(C)NC(=O)N(C)c1ccc(Cn2c(=O)n(C)c3cnc(-c4ccccc4C(C)C)nc32)cc1. The molecule has 0 unspecified atom stereocenters. The summed E-state index contributed by atoms with van der Waals surface area (Å²) in [5.41, 5.74) is 4.97. The van der Waals surface area contributed by atoms with E-state index in [1.807, 2.05) is 56.3 Å². The third kappa shape index (κ3) is 4.82. The average Bonchev–Trinajstić information content (AvgIpc) is 3.07. The molecule has 4 rings (SSSR count). The molecule has 8 nitrogen and oxygen atoms in total.